The van der Waals surface area contributed by atoms with Crippen molar-refractivity contribution in [3.8, 4) is 0 Å². The minimum atomic E-state index is -0.191. The van der Waals surface area contributed by atoms with Crippen LogP contribution in [0.3, 0.4) is 0 Å². The molecule has 0 aliphatic rings. The Kier molecular flexibility index (Phi) is 4.13. The second kappa shape index (κ2) is 5.80. The smallest absolute Gasteiger partial charge is 0.123 e. The molecule has 0 aliphatic carbocycles. The molecule has 0 unspecified atom stereocenters. The maximum Gasteiger partial charge on any atom is 0.123 e. The van der Waals surface area contributed by atoms with Gasteiger partial charge in [-0.25, -0.2) is 4.39 Å². The molecule has 2 N–H and O–H groups in total. The molecule has 17 heavy (non-hydrogen) atoms. The lowest BCUT2D eigenvalue weighted by Crippen LogP contribution is -2.80. The van der Waals surface area contributed by atoms with E-state index in [2.05, 4.69) is 5.32 Å². The zero-order chi connectivity index (χ0) is 12.1. The van der Waals surface area contributed by atoms with E-state index in [1.165, 1.54) is 17.7 Å². The van der Waals surface area contributed by atoms with Gasteiger partial charge in [-0.05, 0) is 24.3 Å². The third kappa shape index (κ3) is 3.84. The molecule has 0 amide bonds. The van der Waals surface area contributed by atoms with Gasteiger partial charge in [-0.3, -0.25) is 0 Å². The van der Waals surface area contributed by atoms with Crippen molar-refractivity contribution in [3.05, 3.63) is 70.5 Å². The van der Waals surface area contributed by atoms with Crippen molar-refractivity contribution in [2.75, 3.05) is 0 Å². The van der Waals surface area contributed by atoms with E-state index in [1.54, 1.807) is 0 Å². The fourth-order valence-corrected chi connectivity index (χ4v) is 1.90. The minimum absolute atomic E-state index is 0.191. The molecule has 88 valence electrons. The summed E-state index contributed by atoms with van der Waals surface area (Å²) in [6.45, 7) is 1.71. The lowest BCUT2D eigenvalue weighted by Gasteiger charge is -2.02. The highest BCUT2D eigenvalue weighted by Gasteiger charge is 1.98. The van der Waals surface area contributed by atoms with Crippen LogP contribution in [0.1, 0.15) is 11.1 Å². The molecule has 0 aliphatic heterocycles. The Labute approximate surface area is 105 Å². The van der Waals surface area contributed by atoms with E-state index in [4.69, 9.17) is 11.6 Å². The second-order valence-corrected chi connectivity index (χ2v) is 4.39. The molecule has 0 saturated heterocycles. The van der Waals surface area contributed by atoms with E-state index in [1.807, 2.05) is 36.4 Å². The molecule has 2 aromatic carbocycles. The number of hydrogen-bond acceptors (Lipinski definition) is 0. The van der Waals surface area contributed by atoms with Crippen LogP contribution >= 0.6 is 11.6 Å². The first kappa shape index (κ1) is 12.1. The van der Waals surface area contributed by atoms with Gasteiger partial charge in [-0.2, -0.15) is 0 Å². The van der Waals surface area contributed by atoms with Crippen LogP contribution in [0, 0.1) is 5.82 Å². The van der Waals surface area contributed by atoms with Gasteiger partial charge >= 0.3 is 0 Å². The van der Waals surface area contributed by atoms with Crippen molar-refractivity contribution in [1.82, 2.24) is 0 Å². The summed E-state index contributed by atoms with van der Waals surface area (Å²) in [6.07, 6.45) is 0. The van der Waals surface area contributed by atoms with Gasteiger partial charge in [-0.1, -0.05) is 35.9 Å². The first-order valence-electron chi connectivity index (χ1n) is 5.54. The normalized spacial score (nSPS) is 10.5. The Morgan fingerprint density at radius 2 is 1.65 bits per heavy atom. The van der Waals surface area contributed by atoms with Gasteiger partial charge in [0.1, 0.15) is 18.9 Å². The Hall–Kier alpha value is -1.38. The van der Waals surface area contributed by atoms with Crippen molar-refractivity contribution in [2.45, 2.75) is 13.1 Å². The van der Waals surface area contributed by atoms with Crippen molar-refractivity contribution in [2.24, 2.45) is 0 Å². The van der Waals surface area contributed by atoms with E-state index < -0.39 is 0 Å². The number of hydrogen-bond donors (Lipinski definition) is 1. The lowest BCUT2D eigenvalue weighted by atomic mass is 10.2. The quantitative estimate of drug-likeness (QED) is 0.859. The van der Waals surface area contributed by atoms with E-state index >= 15 is 0 Å². The predicted octanol–water partition coefficient (Wildman–Crippen LogP) is 2.74. The molecule has 1 nitrogen and oxygen atoms in total. The fourth-order valence-electron chi connectivity index (χ4n) is 1.69. The maximum atomic E-state index is 12.7. The van der Waals surface area contributed by atoms with Crippen molar-refractivity contribution in [3.63, 3.8) is 0 Å². The van der Waals surface area contributed by atoms with Gasteiger partial charge in [0.2, 0.25) is 0 Å². The summed E-state index contributed by atoms with van der Waals surface area (Å²) in [5.41, 5.74) is 2.31. The zero-order valence-electron chi connectivity index (χ0n) is 9.37. The van der Waals surface area contributed by atoms with Crippen LogP contribution in [-0.4, -0.2) is 0 Å². The molecule has 0 radical (unpaired) electrons. The van der Waals surface area contributed by atoms with Crippen LogP contribution in [0.15, 0.2) is 48.5 Å². The molecule has 0 aromatic heterocycles. The Morgan fingerprint density at radius 1 is 0.941 bits per heavy atom. The summed E-state index contributed by atoms with van der Waals surface area (Å²) < 4.78 is 12.7. The van der Waals surface area contributed by atoms with Gasteiger partial charge < -0.3 is 5.32 Å². The highest BCUT2D eigenvalue weighted by molar-refractivity contribution is 6.30. The van der Waals surface area contributed by atoms with Gasteiger partial charge in [0.05, 0.1) is 0 Å². The highest BCUT2D eigenvalue weighted by Crippen LogP contribution is 2.09. The standard InChI is InChI=1S/C14H13ClFN/c15-13-3-1-2-12(8-13)10-17-9-11-4-6-14(16)7-5-11/h1-8,17H,9-10H2/p+1. The average molecular weight is 251 g/mol. The van der Waals surface area contributed by atoms with Crippen molar-refractivity contribution >= 4 is 11.6 Å². The van der Waals surface area contributed by atoms with Crippen molar-refractivity contribution < 1.29 is 9.71 Å². The average Bonchev–Trinajstić information content (AvgIpc) is 2.32. The molecule has 0 heterocycles. The number of nitrogens with two attached hydrogens (primary N) is 1. The summed E-state index contributed by atoms with van der Waals surface area (Å²) in [5, 5.41) is 2.93. The molecule has 2 rings (SSSR count). The van der Waals surface area contributed by atoms with Gasteiger partial charge in [0.15, 0.2) is 0 Å². The molecule has 3 heteroatoms. The lowest BCUT2D eigenvalue weighted by molar-refractivity contribution is -0.686. The number of benzene rings is 2. The summed E-state index contributed by atoms with van der Waals surface area (Å²) in [5.74, 6) is -0.191. The van der Waals surface area contributed by atoms with Crippen LogP contribution < -0.4 is 5.32 Å². The Balaban J connectivity index is 1.85. The monoisotopic (exact) mass is 250 g/mol. The van der Waals surface area contributed by atoms with Crippen LogP contribution in [0.4, 0.5) is 4.39 Å². The first-order chi connectivity index (χ1) is 8.24. The van der Waals surface area contributed by atoms with Gasteiger partial charge in [0, 0.05) is 16.1 Å². The third-order valence-electron chi connectivity index (χ3n) is 2.56. The number of quaternary nitrogens is 1. The van der Waals surface area contributed by atoms with E-state index in [-0.39, 0.29) is 5.82 Å². The van der Waals surface area contributed by atoms with Gasteiger partial charge in [0.25, 0.3) is 0 Å². The fraction of sp³-hybridized carbons (Fsp3) is 0.143. The van der Waals surface area contributed by atoms with E-state index in [0.717, 1.165) is 23.7 Å². The maximum absolute atomic E-state index is 12.7. The predicted molar refractivity (Wildman–Crippen MR) is 67.2 cm³/mol. The zero-order valence-corrected chi connectivity index (χ0v) is 10.1. The first-order valence-corrected chi connectivity index (χ1v) is 5.92. The summed E-state index contributed by atoms with van der Waals surface area (Å²) >= 11 is 5.90. The number of halogens is 2. The molecule has 0 bridgehead atoms. The number of rotatable bonds is 4. The largest absolute Gasteiger partial charge is 0.339 e. The van der Waals surface area contributed by atoms with E-state index in [0.29, 0.717) is 0 Å². The SMILES string of the molecule is Fc1ccc(C[NH2+]Cc2cccc(Cl)c2)cc1. The molecule has 2 aromatic rings. The molecular weight excluding hydrogens is 237 g/mol. The summed E-state index contributed by atoms with van der Waals surface area (Å²) in [4.78, 5) is 0. The highest BCUT2D eigenvalue weighted by atomic mass is 35.5. The molecule has 0 fully saturated rings. The van der Waals surface area contributed by atoms with Crippen LogP contribution in [0.25, 0.3) is 0 Å². The third-order valence-corrected chi connectivity index (χ3v) is 2.80. The molecule has 0 saturated carbocycles. The molecule has 0 spiro atoms. The van der Waals surface area contributed by atoms with Crippen LogP contribution in [-0.2, 0) is 13.1 Å². The molecule has 0 atom stereocenters. The van der Waals surface area contributed by atoms with Gasteiger partial charge in [-0.15, -0.1) is 0 Å². The van der Waals surface area contributed by atoms with E-state index in [9.17, 15) is 4.39 Å². The minimum Gasteiger partial charge on any atom is -0.339 e. The molecular formula is C14H14ClFN+. The van der Waals surface area contributed by atoms with Crippen molar-refractivity contribution in [1.29, 1.82) is 0 Å². The Morgan fingerprint density at radius 3 is 2.35 bits per heavy atom. The summed E-state index contributed by atoms with van der Waals surface area (Å²) in [7, 11) is 0. The summed E-state index contributed by atoms with van der Waals surface area (Å²) in [6, 6.07) is 14.4. The topological polar surface area (TPSA) is 16.6 Å². The van der Waals surface area contributed by atoms with Crippen LogP contribution in [0.5, 0.6) is 0 Å². The van der Waals surface area contributed by atoms with Crippen LogP contribution in [0.2, 0.25) is 5.02 Å². The second-order valence-electron chi connectivity index (χ2n) is 3.95. The Bertz CT molecular complexity index is 482.